The van der Waals surface area contributed by atoms with Crippen LogP contribution >= 0.6 is 0 Å². The summed E-state index contributed by atoms with van der Waals surface area (Å²) in [4.78, 5) is 8.80. The summed E-state index contributed by atoms with van der Waals surface area (Å²) in [7, 11) is 1.96. The lowest BCUT2D eigenvalue weighted by atomic mass is 10.0. The van der Waals surface area contributed by atoms with Crippen LogP contribution in [0.15, 0.2) is 12.5 Å². The molecule has 2 aromatic rings. The molecule has 3 rings (SSSR count). The first-order chi connectivity index (χ1) is 8.16. The molecule has 1 atom stereocenters. The normalized spacial score (nSPS) is 19.3. The van der Waals surface area contributed by atoms with Crippen LogP contribution in [0.2, 0.25) is 0 Å². The maximum atomic E-state index is 6.19. The quantitative estimate of drug-likeness (QED) is 0.808. The number of aromatic nitrogens is 4. The zero-order valence-electron chi connectivity index (χ0n) is 10.2. The van der Waals surface area contributed by atoms with Gasteiger partial charge in [-0.25, -0.2) is 9.97 Å². The van der Waals surface area contributed by atoms with Crippen LogP contribution in [0.4, 0.5) is 5.82 Å². The summed E-state index contributed by atoms with van der Waals surface area (Å²) in [6.07, 6.45) is 5.78. The van der Waals surface area contributed by atoms with Gasteiger partial charge in [-0.1, -0.05) is 6.92 Å². The second kappa shape index (κ2) is 3.61. The van der Waals surface area contributed by atoms with Gasteiger partial charge in [-0.2, -0.15) is 0 Å². The van der Waals surface area contributed by atoms with E-state index in [1.165, 1.54) is 6.42 Å². The molecular formula is C12H17N5. The highest BCUT2D eigenvalue weighted by atomic mass is 15.2. The molecule has 2 aromatic heterocycles. The fourth-order valence-electron chi connectivity index (χ4n) is 2.46. The van der Waals surface area contributed by atoms with Gasteiger partial charge >= 0.3 is 0 Å². The van der Waals surface area contributed by atoms with Crippen molar-refractivity contribution in [1.29, 1.82) is 0 Å². The fourth-order valence-corrected chi connectivity index (χ4v) is 2.46. The van der Waals surface area contributed by atoms with E-state index in [1.807, 2.05) is 17.8 Å². The van der Waals surface area contributed by atoms with Gasteiger partial charge in [-0.3, -0.25) is 0 Å². The van der Waals surface area contributed by atoms with Gasteiger partial charge in [0.05, 0.1) is 18.2 Å². The lowest BCUT2D eigenvalue weighted by molar-refractivity contribution is 0.412. The van der Waals surface area contributed by atoms with Crippen molar-refractivity contribution < 1.29 is 0 Å². The summed E-state index contributed by atoms with van der Waals surface area (Å²) in [5.41, 5.74) is 8.04. The van der Waals surface area contributed by atoms with Crippen molar-refractivity contribution in [3.05, 3.63) is 18.3 Å². The van der Waals surface area contributed by atoms with Crippen LogP contribution in [0, 0.1) is 5.92 Å². The summed E-state index contributed by atoms with van der Waals surface area (Å²) in [5.74, 6) is 2.58. The Balaban J connectivity index is 2.11. The van der Waals surface area contributed by atoms with Gasteiger partial charge in [0.2, 0.25) is 0 Å². The monoisotopic (exact) mass is 231 g/mol. The number of nitrogens with zero attached hydrogens (tertiary/aromatic N) is 4. The Labute approximate surface area is 100 Å². The molecule has 90 valence electrons. The zero-order valence-corrected chi connectivity index (χ0v) is 10.2. The Kier molecular flexibility index (Phi) is 2.21. The second-order valence-corrected chi connectivity index (χ2v) is 4.90. The first-order valence-electron chi connectivity index (χ1n) is 5.98. The maximum absolute atomic E-state index is 6.19. The van der Waals surface area contributed by atoms with Gasteiger partial charge in [0.15, 0.2) is 0 Å². The average molecular weight is 231 g/mol. The molecule has 1 aliphatic rings. The van der Waals surface area contributed by atoms with E-state index < -0.39 is 0 Å². The van der Waals surface area contributed by atoms with E-state index in [4.69, 9.17) is 5.73 Å². The molecule has 2 N–H and O–H groups in total. The van der Waals surface area contributed by atoms with Gasteiger partial charge in [0, 0.05) is 20.0 Å². The third kappa shape index (κ3) is 1.53. The lowest BCUT2D eigenvalue weighted by Crippen LogP contribution is -2.18. The predicted octanol–water partition coefficient (Wildman–Crippen LogP) is 1.45. The van der Waals surface area contributed by atoms with E-state index in [2.05, 4.69) is 21.5 Å². The Morgan fingerprint density at radius 1 is 1.47 bits per heavy atom. The molecule has 5 heteroatoms. The molecule has 0 saturated heterocycles. The van der Waals surface area contributed by atoms with Crippen LogP contribution in [-0.4, -0.2) is 19.1 Å². The number of nitrogen functional groups attached to an aromatic ring is 1. The molecule has 0 aliphatic carbocycles. The highest BCUT2D eigenvalue weighted by Gasteiger charge is 2.23. The Morgan fingerprint density at radius 2 is 2.29 bits per heavy atom. The SMILES string of the molecule is CC1CCn2c(nc(-c3cncn3C)c2N)C1. The topological polar surface area (TPSA) is 61.7 Å². The maximum Gasteiger partial charge on any atom is 0.133 e. The van der Waals surface area contributed by atoms with Gasteiger partial charge in [-0.05, 0) is 12.3 Å². The molecule has 0 amide bonds. The molecule has 0 saturated carbocycles. The van der Waals surface area contributed by atoms with Crippen LogP contribution in [0.25, 0.3) is 11.4 Å². The van der Waals surface area contributed by atoms with Gasteiger partial charge < -0.3 is 14.9 Å². The van der Waals surface area contributed by atoms with Crippen LogP contribution in [0.1, 0.15) is 19.2 Å². The molecule has 0 radical (unpaired) electrons. The molecule has 1 aliphatic heterocycles. The third-order valence-electron chi connectivity index (χ3n) is 3.52. The van der Waals surface area contributed by atoms with Crippen molar-refractivity contribution in [2.24, 2.45) is 13.0 Å². The van der Waals surface area contributed by atoms with Crippen molar-refractivity contribution in [3.8, 4) is 11.4 Å². The Hall–Kier alpha value is -1.78. The molecule has 0 bridgehead atoms. The van der Waals surface area contributed by atoms with E-state index >= 15 is 0 Å². The van der Waals surface area contributed by atoms with Gasteiger partial charge in [-0.15, -0.1) is 0 Å². The van der Waals surface area contributed by atoms with Crippen molar-refractivity contribution in [2.45, 2.75) is 26.3 Å². The van der Waals surface area contributed by atoms with E-state index in [-0.39, 0.29) is 0 Å². The largest absolute Gasteiger partial charge is 0.383 e. The summed E-state index contributed by atoms with van der Waals surface area (Å²) in [6, 6.07) is 0. The smallest absolute Gasteiger partial charge is 0.133 e. The van der Waals surface area contributed by atoms with Crippen molar-refractivity contribution in [2.75, 3.05) is 5.73 Å². The summed E-state index contributed by atoms with van der Waals surface area (Å²) in [5, 5.41) is 0. The van der Waals surface area contributed by atoms with Gasteiger partial charge in [0.25, 0.3) is 0 Å². The number of rotatable bonds is 1. The van der Waals surface area contributed by atoms with Crippen LogP contribution in [0.3, 0.4) is 0 Å². The molecule has 0 fully saturated rings. The summed E-state index contributed by atoms with van der Waals surface area (Å²) >= 11 is 0. The standard InChI is InChI=1S/C12H17N5/c1-8-3-4-17-10(5-8)15-11(12(17)13)9-6-14-7-16(9)2/h6-8H,3-5,13H2,1-2H3. The number of nitrogens with two attached hydrogens (primary N) is 1. The molecule has 5 nitrogen and oxygen atoms in total. The minimum Gasteiger partial charge on any atom is -0.383 e. The predicted molar refractivity (Wildman–Crippen MR) is 66.3 cm³/mol. The highest BCUT2D eigenvalue weighted by molar-refractivity contribution is 5.68. The van der Waals surface area contributed by atoms with Crippen LogP contribution < -0.4 is 5.73 Å². The number of imidazole rings is 2. The molecule has 0 spiro atoms. The number of hydrogen-bond donors (Lipinski definition) is 1. The summed E-state index contributed by atoms with van der Waals surface area (Å²) in [6.45, 7) is 3.24. The molecule has 3 heterocycles. The van der Waals surface area contributed by atoms with E-state index in [0.717, 1.165) is 36.0 Å². The first-order valence-corrected chi connectivity index (χ1v) is 5.98. The number of aryl methyl sites for hydroxylation is 1. The van der Waals surface area contributed by atoms with Crippen LogP contribution in [-0.2, 0) is 20.0 Å². The van der Waals surface area contributed by atoms with E-state index in [0.29, 0.717) is 5.92 Å². The zero-order chi connectivity index (χ0) is 12.0. The van der Waals surface area contributed by atoms with Gasteiger partial charge in [0.1, 0.15) is 17.3 Å². The van der Waals surface area contributed by atoms with Crippen molar-refractivity contribution in [3.63, 3.8) is 0 Å². The number of hydrogen-bond acceptors (Lipinski definition) is 3. The lowest BCUT2D eigenvalue weighted by Gasteiger charge is -2.20. The molecule has 17 heavy (non-hydrogen) atoms. The minimum atomic E-state index is 0.698. The van der Waals surface area contributed by atoms with E-state index in [1.54, 1.807) is 6.33 Å². The molecule has 0 aromatic carbocycles. The first kappa shape index (κ1) is 10.4. The second-order valence-electron chi connectivity index (χ2n) is 4.90. The van der Waals surface area contributed by atoms with E-state index in [9.17, 15) is 0 Å². The highest BCUT2D eigenvalue weighted by Crippen LogP contribution is 2.30. The van der Waals surface area contributed by atoms with Crippen molar-refractivity contribution >= 4 is 5.82 Å². The Morgan fingerprint density at radius 3 is 3.00 bits per heavy atom. The molecular weight excluding hydrogens is 214 g/mol. The Bertz CT molecular complexity index is 551. The third-order valence-corrected chi connectivity index (χ3v) is 3.52. The average Bonchev–Trinajstić information content (AvgIpc) is 2.83. The number of anilines is 1. The number of fused-ring (bicyclic) bond motifs is 1. The summed E-state index contributed by atoms with van der Waals surface area (Å²) < 4.78 is 4.09. The van der Waals surface area contributed by atoms with Crippen molar-refractivity contribution in [1.82, 2.24) is 19.1 Å². The molecule has 1 unspecified atom stereocenters. The van der Waals surface area contributed by atoms with Crippen LogP contribution in [0.5, 0.6) is 0 Å². The fraction of sp³-hybridized carbons (Fsp3) is 0.500. The minimum absolute atomic E-state index is 0.698.